The van der Waals surface area contributed by atoms with Gasteiger partial charge in [0.05, 0.1) is 5.69 Å². The smallest absolute Gasteiger partial charge is 0.278 e. The van der Waals surface area contributed by atoms with Crippen molar-refractivity contribution in [2.24, 2.45) is 0 Å². The number of nitrogens with one attached hydrogen (secondary N) is 1. The molecule has 1 aliphatic carbocycles. The third kappa shape index (κ3) is 2.26. The van der Waals surface area contributed by atoms with Crippen LogP contribution in [0.2, 0.25) is 0 Å². The van der Waals surface area contributed by atoms with Crippen molar-refractivity contribution in [3.63, 3.8) is 0 Å². The van der Waals surface area contributed by atoms with Gasteiger partial charge in [0, 0.05) is 11.8 Å². The topological polar surface area (TPSA) is 67.8 Å². The quantitative estimate of drug-likeness (QED) is 0.757. The van der Waals surface area contributed by atoms with Gasteiger partial charge in [0.1, 0.15) is 5.82 Å². The van der Waals surface area contributed by atoms with Crippen molar-refractivity contribution >= 4 is 11.7 Å². The molecule has 92 valence electrons. The average molecular weight is 250 g/mol. The molecule has 3 rings (SSSR count). The summed E-state index contributed by atoms with van der Waals surface area (Å²) in [6.07, 6.45) is 1.62. The molecule has 0 unspecified atom stereocenters. The Kier molecular flexibility index (Phi) is 2.86. The zero-order valence-corrected chi connectivity index (χ0v) is 9.95. The number of hydrogen-bond acceptors (Lipinski definition) is 4. The molecular formula is C14H10N4O. The van der Waals surface area contributed by atoms with Crippen molar-refractivity contribution < 1.29 is 4.79 Å². The van der Waals surface area contributed by atoms with E-state index in [0.717, 1.165) is 5.56 Å². The molecule has 0 fully saturated rings. The maximum absolute atomic E-state index is 12.1. The maximum Gasteiger partial charge on any atom is 0.278 e. The fourth-order valence-corrected chi connectivity index (χ4v) is 1.76. The first-order valence-corrected chi connectivity index (χ1v) is 5.78. The van der Waals surface area contributed by atoms with E-state index < -0.39 is 0 Å². The highest BCUT2D eigenvalue weighted by atomic mass is 16.2. The van der Waals surface area contributed by atoms with E-state index in [4.69, 9.17) is 0 Å². The molecule has 0 saturated heterocycles. The van der Waals surface area contributed by atoms with Crippen LogP contribution in [0.3, 0.4) is 0 Å². The normalized spacial score (nSPS) is 10.3. The minimum absolute atomic E-state index is 0.303. The van der Waals surface area contributed by atoms with Gasteiger partial charge in [-0.3, -0.25) is 4.79 Å². The summed E-state index contributed by atoms with van der Waals surface area (Å²) in [4.78, 5) is 16.2. The summed E-state index contributed by atoms with van der Waals surface area (Å²) in [6, 6.07) is 14.5. The second-order valence-electron chi connectivity index (χ2n) is 3.93. The van der Waals surface area contributed by atoms with Crippen LogP contribution < -0.4 is 5.32 Å². The van der Waals surface area contributed by atoms with E-state index in [0.29, 0.717) is 17.2 Å². The Balaban J connectivity index is 1.92. The number of hydrogen-bond donors (Lipinski definition) is 1. The SMILES string of the molecule is O=C(Nc1ccccn1)c1nnc2cccccc1-2. The lowest BCUT2D eigenvalue weighted by Crippen LogP contribution is -2.13. The van der Waals surface area contributed by atoms with Crippen LogP contribution in [0.15, 0.2) is 54.7 Å². The minimum Gasteiger partial charge on any atom is -0.305 e. The van der Waals surface area contributed by atoms with Gasteiger partial charge in [0.15, 0.2) is 5.69 Å². The molecule has 0 aromatic carbocycles. The predicted molar refractivity (Wildman–Crippen MR) is 70.8 cm³/mol. The lowest BCUT2D eigenvalue weighted by atomic mass is 10.1. The molecule has 1 aromatic rings. The van der Waals surface area contributed by atoms with E-state index in [1.54, 1.807) is 24.4 Å². The van der Waals surface area contributed by atoms with E-state index in [-0.39, 0.29) is 5.91 Å². The second kappa shape index (κ2) is 4.81. The van der Waals surface area contributed by atoms with Gasteiger partial charge in [0.25, 0.3) is 5.91 Å². The highest BCUT2D eigenvalue weighted by Crippen LogP contribution is 2.21. The highest BCUT2D eigenvalue weighted by Gasteiger charge is 2.18. The molecule has 5 heteroatoms. The van der Waals surface area contributed by atoms with Crippen LogP contribution in [0.5, 0.6) is 0 Å². The molecule has 0 atom stereocenters. The van der Waals surface area contributed by atoms with Gasteiger partial charge in [-0.15, -0.1) is 10.2 Å². The van der Waals surface area contributed by atoms with Crippen LogP contribution in [-0.2, 0) is 0 Å². The average Bonchev–Trinajstić information content (AvgIpc) is 2.69. The monoisotopic (exact) mass is 250 g/mol. The van der Waals surface area contributed by atoms with E-state index >= 15 is 0 Å². The van der Waals surface area contributed by atoms with Crippen molar-refractivity contribution in [1.29, 1.82) is 0 Å². The van der Waals surface area contributed by atoms with Crippen molar-refractivity contribution in [3.05, 3.63) is 60.4 Å². The molecule has 1 aliphatic heterocycles. The number of amides is 1. The van der Waals surface area contributed by atoms with Gasteiger partial charge in [-0.1, -0.05) is 30.3 Å². The van der Waals surface area contributed by atoms with Crippen LogP contribution in [0.1, 0.15) is 10.5 Å². The highest BCUT2D eigenvalue weighted by molar-refractivity contribution is 6.06. The summed E-state index contributed by atoms with van der Waals surface area (Å²) in [5.74, 6) is 0.177. The minimum atomic E-state index is -0.313. The number of pyridine rings is 1. The van der Waals surface area contributed by atoms with Crippen molar-refractivity contribution in [2.45, 2.75) is 0 Å². The summed E-state index contributed by atoms with van der Waals surface area (Å²) >= 11 is 0. The van der Waals surface area contributed by atoms with Crippen LogP contribution in [0.25, 0.3) is 11.3 Å². The first kappa shape index (κ1) is 11.3. The molecule has 1 N–H and O–H groups in total. The Morgan fingerprint density at radius 1 is 0.947 bits per heavy atom. The lowest BCUT2D eigenvalue weighted by Gasteiger charge is -2.01. The van der Waals surface area contributed by atoms with Gasteiger partial charge in [-0.05, 0) is 18.2 Å². The van der Waals surface area contributed by atoms with Gasteiger partial charge in [-0.25, -0.2) is 4.98 Å². The van der Waals surface area contributed by atoms with E-state index in [1.165, 1.54) is 0 Å². The number of nitrogens with zero attached hydrogens (tertiary/aromatic N) is 3. The first-order valence-electron chi connectivity index (χ1n) is 5.78. The molecule has 1 aromatic heterocycles. The summed E-state index contributed by atoms with van der Waals surface area (Å²) in [6.45, 7) is 0. The standard InChI is InChI=1S/C14H10N4O/c19-14(16-12-8-4-5-9-15-12)13-10-6-2-1-3-7-11(10)17-18-13/h1-9H,(H,15,16,19). The number of fused-ring (bicyclic) bond motifs is 1. The Morgan fingerprint density at radius 2 is 1.79 bits per heavy atom. The van der Waals surface area contributed by atoms with Crippen molar-refractivity contribution in [3.8, 4) is 11.3 Å². The predicted octanol–water partition coefficient (Wildman–Crippen LogP) is 2.23. The fourth-order valence-electron chi connectivity index (χ4n) is 1.76. The van der Waals surface area contributed by atoms with Gasteiger partial charge in [0.2, 0.25) is 0 Å². The Bertz CT molecular complexity index is 684. The molecule has 1 amide bonds. The van der Waals surface area contributed by atoms with Crippen LogP contribution in [-0.4, -0.2) is 21.1 Å². The molecule has 0 bridgehead atoms. The molecule has 19 heavy (non-hydrogen) atoms. The van der Waals surface area contributed by atoms with Gasteiger partial charge in [-0.2, -0.15) is 0 Å². The van der Waals surface area contributed by atoms with E-state index in [2.05, 4.69) is 20.5 Å². The number of anilines is 1. The molecule has 0 spiro atoms. The van der Waals surface area contributed by atoms with Crippen LogP contribution >= 0.6 is 0 Å². The third-order valence-electron chi connectivity index (χ3n) is 2.65. The molecule has 5 nitrogen and oxygen atoms in total. The van der Waals surface area contributed by atoms with Gasteiger partial charge < -0.3 is 5.32 Å². The number of carbonyl (C=O) groups excluding carboxylic acids is 1. The zero-order chi connectivity index (χ0) is 13.1. The van der Waals surface area contributed by atoms with E-state index in [9.17, 15) is 4.79 Å². The fraction of sp³-hybridized carbons (Fsp3) is 0. The summed E-state index contributed by atoms with van der Waals surface area (Å²) in [5.41, 5.74) is 1.71. The zero-order valence-electron chi connectivity index (χ0n) is 9.95. The van der Waals surface area contributed by atoms with E-state index in [1.807, 2.05) is 30.3 Å². The first-order chi connectivity index (χ1) is 9.34. The summed E-state index contributed by atoms with van der Waals surface area (Å²) < 4.78 is 0. The summed E-state index contributed by atoms with van der Waals surface area (Å²) in [7, 11) is 0. The molecule has 2 aliphatic rings. The molecule has 0 saturated carbocycles. The molecular weight excluding hydrogens is 240 g/mol. The summed E-state index contributed by atoms with van der Waals surface area (Å²) in [5, 5.41) is 10.6. The Labute approximate surface area is 109 Å². The molecule has 2 heterocycles. The lowest BCUT2D eigenvalue weighted by molar-refractivity contribution is 0.102. The maximum atomic E-state index is 12.1. The van der Waals surface area contributed by atoms with Crippen LogP contribution in [0, 0.1) is 0 Å². The molecule has 0 radical (unpaired) electrons. The van der Waals surface area contributed by atoms with Crippen molar-refractivity contribution in [1.82, 2.24) is 15.2 Å². The number of rotatable bonds is 2. The Morgan fingerprint density at radius 3 is 2.63 bits per heavy atom. The third-order valence-corrected chi connectivity index (χ3v) is 2.65. The Hall–Kier alpha value is -2.82. The van der Waals surface area contributed by atoms with Crippen LogP contribution in [0.4, 0.5) is 5.82 Å². The van der Waals surface area contributed by atoms with Crippen molar-refractivity contribution in [2.75, 3.05) is 5.32 Å². The van der Waals surface area contributed by atoms with Gasteiger partial charge >= 0.3 is 0 Å². The number of carbonyl (C=O) groups is 1. The number of aromatic nitrogens is 3. The second-order valence-corrected chi connectivity index (χ2v) is 3.93. The largest absolute Gasteiger partial charge is 0.305 e.